The molecule has 1 rings (SSSR count). The first-order chi connectivity index (χ1) is 7.13. The van der Waals surface area contributed by atoms with Crippen molar-refractivity contribution in [2.24, 2.45) is 0 Å². The minimum Gasteiger partial charge on any atom is -0.275 e. The van der Waals surface area contributed by atoms with Gasteiger partial charge in [-0.05, 0) is 18.9 Å². The van der Waals surface area contributed by atoms with Crippen LogP contribution in [0.4, 0.5) is 0 Å². The van der Waals surface area contributed by atoms with Gasteiger partial charge in [0.1, 0.15) is 0 Å². The van der Waals surface area contributed by atoms with Crippen molar-refractivity contribution in [1.82, 2.24) is 5.06 Å². The molecule has 0 spiro atoms. The van der Waals surface area contributed by atoms with Crippen LogP contribution >= 0.6 is 0 Å². The van der Waals surface area contributed by atoms with Gasteiger partial charge in [-0.15, -0.1) is 0 Å². The van der Waals surface area contributed by atoms with Gasteiger partial charge in [0.05, 0.1) is 7.11 Å². The molecule has 0 fully saturated rings. The van der Waals surface area contributed by atoms with E-state index in [1.165, 1.54) is 23.3 Å². The molecule has 0 unspecified atom stereocenters. The third kappa shape index (κ3) is 3.72. The van der Waals surface area contributed by atoms with Gasteiger partial charge in [0, 0.05) is 13.5 Å². The lowest BCUT2D eigenvalue weighted by Gasteiger charge is -2.13. The second kappa shape index (κ2) is 5.51. The molecule has 0 heterocycles. The largest absolute Gasteiger partial charge is 0.275 e. The lowest BCUT2D eigenvalue weighted by Crippen LogP contribution is -2.25. The van der Waals surface area contributed by atoms with Crippen LogP contribution in [-0.2, 0) is 16.1 Å². The van der Waals surface area contributed by atoms with E-state index in [4.69, 9.17) is 4.84 Å². The molecular formula is C12H17NO2. The van der Waals surface area contributed by atoms with Crippen molar-refractivity contribution in [1.29, 1.82) is 0 Å². The Morgan fingerprint density at radius 3 is 2.47 bits per heavy atom. The van der Waals surface area contributed by atoms with E-state index in [9.17, 15) is 4.79 Å². The molecule has 1 aromatic rings. The van der Waals surface area contributed by atoms with Crippen LogP contribution in [0.25, 0.3) is 0 Å². The van der Waals surface area contributed by atoms with E-state index in [2.05, 4.69) is 24.3 Å². The molecule has 0 atom stereocenters. The summed E-state index contributed by atoms with van der Waals surface area (Å²) in [6.07, 6.45) is 1.24. The Balaban J connectivity index is 2.43. The standard InChI is InChI=1S/C12H17NO2/c1-10-4-6-11(7-5-10)8-9-12(14)13(2)15-3/h4-7H,8-9H2,1-3H3. The molecule has 0 aromatic heterocycles. The Kier molecular flexibility index (Phi) is 4.31. The van der Waals surface area contributed by atoms with Gasteiger partial charge in [0.2, 0.25) is 5.91 Å². The summed E-state index contributed by atoms with van der Waals surface area (Å²) in [4.78, 5) is 16.2. The average molecular weight is 207 g/mol. The van der Waals surface area contributed by atoms with Crippen LogP contribution < -0.4 is 0 Å². The predicted octanol–water partition coefficient (Wildman–Crippen LogP) is 1.95. The summed E-state index contributed by atoms with van der Waals surface area (Å²) in [6, 6.07) is 8.21. The Morgan fingerprint density at radius 2 is 1.93 bits per heavy atom. The van der Waals surface area contributed by atoms with Gasteiger partial charge in [-0.3, -0.25) is 9.63 Å². The maximum atomic E-state index is 11.4. The molecule has 0 N–H and O–H groups in total. The van der Waals surface area contributed by atoms with Crippen molar-refractivity contribution in [2.75, 3.05) is 14.2 Å². The molecule has 0 saturated heterocycles. The normalized spacial score (nSPS) is 10.1. The Hall–Kier alpha value is -1.35. The topological polar surface area (TPSA) is 29.5 Å². The highest BCUT2D eigenvalue weighted by Gasteiger charge is 2.07. The number of nitrogens with zero attached hydrogens (tertiary/aromatic N) is 1. The lowest BCUT2D eigenvalue weighted by atomic mass is 10.1. The minimum atomic E-state index is -0.00178. The number of carbonyl (C=O) groups excluding carboxylic acids is 1. The monoisotopic (exact) mass is 207 g/mol. The van der Waals surface area contributed by atoms with E-state index < -0.39 is 0 Å². The van der Waals surface area contributed by atoms with Crippen LogP contribution in [0.3, 0.4) is 0 Å². The number of hydrogen-bond acceptors (Lipinski definition) is 2. The van der Waals surface area contributed by atoms with Crippen molar-refractivity contribution in [2.45, 2.75) is 19.8 Å². The number of carbonyl (C=O) groups is 1. The van der Waals surface area contributed by atoms with Crippen LogP contribution in [0, 0.1) is 6.92 Å². The van der Waals surface area contributed by atoms with Crippen LogP contribution in [0.1, 0.15) is 17.5 Å². The quantitative estimate of drug-likeness (QED) is 0.706. The van der Waals surface area contributed by atoms with Gasteiger partial charge >= 0.3 is 0 Å². The van der Waals surface area contributed by atoms with Gasteiger partial charge in [-0.2, -0.15) is 0 Å². The van der Waals surface area contributed by atoms with E-state index in [0.717, 1.165) is 6.42 Å². The van der Waals surface area contributed by atoms with Crippen molar-refractivity contribution in [3.8, 4) is 0 Å². The molecule has 0 bridgehead atoms. The first kappa shape index (κ1) is 11.7. The molecular weight excluding hydrogens is 190 g/mol. The van der Waals surface area contributed by atoms with E-state index in [0.29, 0.717) is 6.42 Å². The van der Waals surface area contributed by atoms with E-state index in [1.807, 2.05) is 6.92 Å². The number of hydrogen-bond donors (Lipinski definition) is 0. The summed E-state index contributed by atoms with van der Waals surface area (Å²) in [7, 11) is 3.11. The number of amides is 1. The van der Waals surface area contributed by atoms with Crippen LogP contribution in [0.2, 0.25) is 0 Å². The summed E-state index contributed by atoms with van der Waals surface area (Å²) >= 11 is 0. The SMILES string of the molecule is CON(C)C(=O)CCc1ccc(C)cc1. The highest BCUT2D eigenvalue weighted by atomic mass is 16.7. The molecule has 0 radical (unpaired) electrons. The van der Waals surface area contributed by atoms with Gasteiger partial charge in [0.15, 0.2) is 0 Å². The average Bonchev–Trinajstić information content (AvgIpc) is 2.26. The molecule has 3 heteroatoms. The fourth-order valence-corrected chi connectivity index (χ4v) is 1.27. The Labute approximate surface area is 90.6 Å². The minimum absolute atomic E-state index is 0.00178. The maximum absolute atomic E-state index is 11.4. The Morgan fingerprint density at radius 1 is 1.33 bits per heavy atom. The zero-order valence-electron chi connectivity index (χ0n) is 9.49. The maximum Gasteiger partial charge on any atom is 0.246 e. The molecule has 3 nitrogen and oxygen atoms in total. The summed E-state index contributed by atoms with van der Waals surface area (Å²) in [5.41, 5.74) is 2.41. The lowest BCUT2D eigenvalue weighted by molar-refractivity contribution is -0.168. The second-order valence-corrected chi connectivity index (χ2v) is 3.56. The van der Waals surface area contributed by atoms with Crippen molar-refractivity contribution < 1.29 is 9.63 Å². The summed E-state index contributed by atoms with van der Waals surface area (Å²) in [5.74, 6) is -0.00178. The first-order valence-electron chi connectivity index (χ1n) is 4.99. The second-order valence-electron chi connectivity index (χ2n) is 3.56. The molecule has 1 aromatic carbocycles. The number of hydroxylamine groups is 2. The van der Waals surface area contributed by atoms with Gasteiger partial charge in [-0.1, -0.05) is 29.8 Å². The first-order valence-corrected chi connectivity index (χ1v) is 4.99. The molecule has 82 valence electrons. The number of rotatable bonds is 4. The van der Waals surface area contributed by atoms with Gasteiger partial charge in [-0.25, -0.2) is 5.06 Å². The third-order valence-electron chi connectivity index (χ3n) is 2.37. The molecule has 15 heavy (non-hydrogen) atoms. The summed E-state index contributed by atoms with van der Waals surface area (Å²) < 4.78 is 0. The predicted molar refractivity (Wildman–Crippen MR) is 59.3 cm³/mol. The number of benzene rings is 1. The smallest absolute Gasteiger partial charge is 0.246 e. The summed E-state index contributed by atoms with van der Waals surface area (Å²) in [5, 5.41) is 1.26. The fraction of sp³-hybridized carbons (Fsp3) is 0.417. The zero-order chi connectivity index (χ0) is 11.3. The highest BCUT2D eigenvalue weighted by Crippen LogP contribution is 2.06. The molecule has 0 aliphatic carbocycles. The Bertz CT molecular complexity index is 319. The van der Waals surface area contributed by atoms with Gasteiger partial charge in [0.25, 0.3) is 0 Å². The molecule has 0 aliphatic rings. The molecule has 0 aliphatic heterocycles. The number of aryl methyl sites for hydroxylation is 2. The highest BCUT2D eigenvalue weighted by molar-refractivity contribution is 5.75. The van der Waals surface area contributed by atoms with Crippen molar-refractivity contribution in [3.05, 3.63) is 35.4 Å². The van der Waals surface area contributed by atoms with Crippen LogP contribution in [-0.4, -0.2) is 25.1 Å². The summed E-state index contributed by atoms with van der Waals surface area (Å²) in [6.45, 7) is 2.05. The van der Waals surface area contributed by atoms with E-state index in [1.54, 1.807) is 7.05 Å². The van der Waals surface area contributed by atoms with Gasteiger partial charge < -0.3 is 0 Å². The third-order valence-corrected chi connectivity index (χ3v) is 2.37. The zero-order valence-corrected chi connectivity index (χ0v) is 9.49. The fourth-order valence-electron chi connectivity index (χ4n) is 1.27. The molecule has 0 saturated carbocycles. The van der Waals surface area contributed by atoms with Crippen molar-refractivity contribution >= 4 is 5.91 Å². The van der Waals surface area contributed by atoms with E-state index >= 15 is 0 Å². The van der Waals surface area contributed by atoms with E-state index in [-0.39, 0.29) is 5.91 Å². The van der Waals surface area contributed by atoms with Crippen LogP contribution in [0.15, 0.2) is 24.3 Å². The van der Waals surface area contributed by atoms with Crippen molar-refractivity contribution in [3.63, 3.8) is 0 Å². The molecule has 1 amide bonds. The van der Waals surface area contributed by atoms with Crippen LogP contribution in [0.5, 0.6) is 0 Å².